The first kappa shape index (κ1) is 11.6. The van der Waals surface area contributed by atoms with Gasteiger partial charge in [0.05, 0.1) is 11.3 Å². The number of carbonyl (C=O) groups excluding carboxylic acids is 1. The van der Waals surface area contributed by atoms with E-state index in [1.165, 1.54) is 6.07 Å². The summed E-state index contributed by atoms with van der Waals surface area (Å²) in [6, 6.07) is 2.54. The van der Waals surface area contributed by atoms with Crippen LogP contribution in [0.1, 0.15) is 5.56 Å². The van der Waals surface area contributed by atoms with Crippen LogP contribution < -0.4 is 5.32 Å². The van der Waals surface area contributed by atoms with Crippen molar-refractivity contribution in [2.24, 2.45) is 0 Å². The Bertz CT molecular complexity index is 508. The number of carboxylic acids is 1. The fraction of sp³-hybridized carbons (Fsp3) is 0. The summed E-state index contributed by atoms with van der Waals surface area (Å²) >= 11 is 0. The van der Waals surface area contributed by atoms with Gasteiger partial charge in [-0.3, -0.25) is 4.79 Å². The maximum atomic E-state index is 13.1. The summed E-state index contributed by atoms with van der Waals surface area (Å²) in [6.45, 7) is 0. The normalized spacial score (nSPS) is 9.31. The molecule has 0 atom stereocenters. The Balaban J connectivity index is 3.19. The standard InChI is InChI=1S/C9H4F2N2O3/c10-5-1-4(3-12)7(6(11)2-5)13-8(14)9(15)16/h1-2H,(H,13,14)(H,15,16). The Morgan fingerprint density at radius 3 is 2.50 bits per heavy atom. The van der Waals surface area contributed by atoms with Crippen molar-refractivity contribution in [1.82, 2.24) is 0 Å². The van der Waals surface area contributed by atoms with Gasteiger partial charge < -0.3 is 10.4 Å². The zero-order valence-corrected chi connectivity index (χ0v) is 7.62. The fourth-order valence-corrected chi connectivity index (χ4v) is 0.956. The molecule has 2 N–H and O–H groups in total. The largest absolute Gasteiger partial charge is 0.474 e. The Labute approximate surface area is 87.9 Å². The van der Waals surface area contributed by atoms with Crippen molar-refractivity contribution in [2.45, 2.75) is 0 Å². The average molecular weight is 226 g/mol. The van der Waals surface area contributed by atoms with Crippen LogP contribution in [0.2, 0.25) is 0 Å². The van der Waals surface area contributed by atoms with Gasteiger partial charge >= 0.3 is 11.9 Å². The molecular weight excluding hydrogens is 222 g/mol. The minimum Gasteiger partial charge on any atom is -0.474 e. The van der Waals surface area contributed by atoms with Crippen LogP contribution in [0.5, 0.6) is 0 Å². The van der Waals surface area contributed by atoms with Gasteiger partial charge in [0.2, 0.25) is 0 Å². The molecule has 0 aliphatic carbocycles. The molecule has 16 heavy (non-hydrogen) atoms. The van der Waals surface area contributed by atoms with Gasteiger partial charge in [0.15, 0.2) is 5.82 Å². The molecule has 7 heteroatoms. The number of rotatable bonds is 1. The summed E-state index contributed by atoms with van der Waals surface area (Å²) in [5.41, 5.74) is -1.15. The molecule has 0 heterocycles. The highest BCUT2D eigenvalue weighted by Gasteiger charge is 2.17. The van der Waals surface area contributed by atoms with Crippen LogP contribution in [0, 0.1) is 23.0 Å². The number of nitriles is 1. The van der Waals surface area contributed by atoms with Crippen molar-refractivity contribution >= 4 is 17.6 Å². The SMILES string of the molecule is N#Cc1cc(F)cc(F)c1NC(=O)C(=O)O. The Morgan fingerprint density at radius 1 is 1.38 bits per heavy atom. The van der Waals surface area contributed by atoms with Gasteiger partial charge in [0.1, 0.15) is 11.9 Å². The van der Waals surface area contributed by atoms with Gasteiger partial charge in [-0.2, -0.15) is 5.26 Å². The van der Waals surface area contributed by atoms with E-state index in [4.69, 9.17) is 10.4 Å². The molecule has 5 nitrogen and oxygen atoms in total. The molecule has 0 fully saturated rings. The molecule has 0 unspecified atom stereocenters. The minimum absolute atomic E-state index is 0.429. The molecule has 82 valence electrons. The number of hydrogen-bond donors (Lipinski definition) is 2. The highest BCUT2D eigenvalue weighted by atomic mass is 19.1. The van der Waals surface area contributed by atoms with Crippen molar-refractivity contribution in [3.05, 3.63) is 29.3 Å². The van der Waals surface area contributed by atoms with E-state index in [9.17, 15) is 18.4 Å². The minimum atomic E-state index is -1.84. The lowest BCUT2D eigenvalue weighted by atomic mass is 10.2. The Hall–Kier alpha value is -2.49. The topological polar surface area (TPSA) is 90.2 Å². The molecule has 0 aliphatic heterocycles. The van der Waals surface area contributed by atoms with Crippen LogP contribution in [0.25, 0.3) is 0 Å². The summed E-state index contributed by atoms with van der Waals surface area (Å²) in [4.78, 5) is 20.9. The molecule has 1 aromatic rings. The first-order valence-corrected chi connectivity index (χ1v) is 3.89. The highest BCUT2D eigenvalue weighted by Crippen LogP contribution is 2.20. The van der Waals surface area contributed by atoms with Crippen molar-refractivity contribution < 1.29 is 23.5 Å². The van der Waals surface area contributed by atoms with Crippen LogP contribution in [0.15, 0.2) is 12.1 Å². The highest BCUT2D eigenvalue weighted by molar-refractivity contribution is 6.36. The number of nitrogens with zero attached hydrogens (tertiary/aromatic N) is 1. The van der Waals surface area contributed by atoms with Gasteiger partial charge in [0.25, 0.3) is 0 Å². The zero-order chi connectivity index (χ0) is 12.3. The van der Waals surface area contributed by atoms with E-state index in [1.807, 2.05) is 0 Å². The van der Waals surface area contributed by atoms with Crippen LogP contribution in [-0.2, 0) is 9.59 Å². The third kappa shape index (κ3) is 2.30. The monoisotopic (exact) mass is 226 g/mol. The fourth-order valence-electron chi connectivity index (χ4n) is 0.956. The number of carbonyl (C=O) groups is 2. The first-order valence-electron chi connectivity index (χ1n) is 3.89. The van der Waals surface area contributed by atoms with Gasteiger partial charge in [-0.05, 0) is 6.07 Å². The van der Waals surface area contributed by atoms with Crippen LogP contribution in [-0.4, -0.2) is 17.0 Å². The number of carboxylic acid groups (broad SMARTS) is 1. The molecule has 0 aromatic heterocycles. The number of benzene rings is 1. The van der Waals surface area contributed by atoms with Gasteiger partial charge in [0, 0.05) is 6.07 Å². The van der Waals surface area contributed by atoms with Gasteiger partial charge in [-0.1, -0.05) is 0 Å². The molecule has 0 radical (unpaired) electrons. The molecule has 1 rings (SSSR count). The molecule has 0 saturated carbocycles. The molecule has 0 bridgehead atoms. The summed E-state index contributed by atoms with van der Waals surface area (Å²) in [6.07, 6.45) is 0. The number of amides is 1. The quantitative estimate of drug-likeness (QED) is 0.695. The van der Waals surface area contributed by atoms with E-state index in [0.29, 0.717) is 12.1 Å². The van der Waals surface area contributed by atoms with Crippen molar-refractivity contribution in [1.29, 1.82) is 5.26 Å². The second-order valence-electron chi connectivity index (χ2n) is 2.68. The van der Waals surface area contributed by atoms with Crippen LogP contribution in [0.3, 0.4) is 0 Å². The summed E-state index contributed by atoms with van der Waals surface area (Å²) in [7, 11) is 0. The lowest BCUT2D eigenvalue weighted by Gasteiger charge is -2.05. The number of hydrogen-bond acceptors (Lipinski definition) is 3. The third-order valence-corrected chi connectivity index (χ3v) is 1.61. The van der Waals surface area contributed by atoms with Crippen molar-refractivity contribution in [3.8, 4) is 6.07 Å². The van der Waals surface area contributed by atoms with E-state index < -0.39 is 34.8 Å². The van der Waals surface area contributed by atoms with Gasteiger partial charge in [-0.15, -0.1) is 0 Å². The molecule has 1 amide bonds. The van der Waals surface area contributed by atoms with E-state index in [1.54, 1.807) is 5.32 Å². The maximum absolute atomic E-state index is 13.1. The predicted molar refractivity (Wildman–Crippen MR) is 47.3 cm³/mol. The molecule has 0 spiro atoms. The molecule has 0 aliphatic rings. The second-order valence-corrected chi connectivity index (χ2v) is 2.68. The average Bonchev–Trinajstić information content (AvgIpc) is 2.21. The van der Waals surface area contributed by atoms with Gasteiger partial charge in [-0.25, -0.2) is 13.6 Å². The Kier molecular flexibility index (Phi) is 3.15. The summed E-state index contributed by atoms with van der Waals surface area (Å²) in [5.74, 6) is -5.57. The lowest BCUT2D eigenvalue weighted by Crippen LogP contribution is -2.23. The van der Waals surface area contributed by atoms with E-state index in [2.05, 4.69) is 0 Å². The zero-order valence-electron chi connectivity index (χ0n) is 7.62. The smallest absolute Gasteiger partial charge is 0.394 e. The van der Waals surface area contributed by atoms with Crippen LogP contribution >= 0.6 is 0 Å². The first-order chi connectivity index (χ1) is 7.45. The molecule has 1 aromatic carbocycles. The summed E-state index contributed by atoms with van der Waals surface area (Å²) < 4.78 is 25.8. The predicted octanol–water partition coefficient (Wildman–Crippen LogP) is 0.860. The van der Waals surface area contributed by atoms with Crippen molar-refractivity contribution in [2.75, 3.05) is 5.32 Å². The molecule has 0 saturated heterocycles. The third-order valence-electron chi connectivity index (χ3n) is 1.61. The van der Waals surface area contributed by atoms with Crippen molar-refractivity contribution in [3.63, 3.8) is 0 Å². The number of anilines is 1. The molecular formula is C9H4F2N2O3. The maximum Gasteiger partial charge on any atom is 0.394 e. The van der Waals surface area contributed by atoms with Crippen LogP contribution in [0.4, 0.5) is 14.5 Å². The number of nitrogens with one attached hydrogen (secondary N) is 1. The summed E-state index contributed by atoms with van der Waals surface area (Å²) in [5, 5.41) is 18.5. The number of halogens is 2. The van der Waals surface area contributed by atoms with E-state index in [0.717, 1.165) is 0 Å². The number of aliphatic carboxylic acids is 1. The second kappa shape index (κ2) is 4.35. The van der Waals surface area contributed by atoms with E-state index >= 15 is 0 Å². The lowest BCUT2D eigenvalue weighted by molar-refractivity contribution is -0.147. The van der Waals surface area contributed by atoms with E-state index in [-0.39, 0.29) is 0 Å². The Morgan fingerprint density at radius 2 is 2.00 bits per heavy atom.